The Kier molecular flexibility index (Phi) is 2.94. The van der Waals surface area contributed by atoms with Gasteiger partial charge in [0.1, 0.15) is 0 Å². The van der Waals surface area contributed by atoms with Gasteiger partial charge >= 0.3 is 0 Å². The van der Waals surface area contributed by atoms with Gasteiger partial charge in [0.05, 0.1) is 6.10 Å². The third-order valence-electron chi connectivity index (χ3n) is 4.97. The van der Waals surface area contributed by atoms with Gasteiger partial charge in [0.25, 0.3) is 0 Å². The summed E-state index contributed by atoms with van der Waals surface area (Å²) in [4.78, 5) is 5.00. The van der Waals surface area contributed by atoms with Crippen molar-refractivity contribution in [2.75, 3.05) is 33.2 Å². The van der Waals surface area contributed by atoms with Gasteiger partial charge in [-0.1, -0.05) is 0 Å². The van der Waals surface area contributed by atoms with E-state index in [1.165, 1.54) is 51.9 Å². The molecule has 4 aliphatic heterocycles. The Morgan fingerprint density at radius 2 is 1.75 bits per heavy atom. The molecule has 0 spiro atoms. The molecule has 3 heteroatoms. The van der Waals surface area contributed by atoms with Crippen LogP contribution in [0, 0.1) is 11.8 Å². The molecule has 4 rings (SSSR count). The van der Waals surface area contributed by atoms with Crippen LogP contribution in [-0.4, -0.2) is 60.3 Å². The molecule has 4 fully saturated rings. The summed E-state index contributed by atoms with van der Waals surface area (Å²) in [7, 11) is 2.22. The molecular formula is C13H24N2O. The van der Waals surface area contributed by atoms with Crippen LogP contribution in [0.15, 0.2) is 0 Å². The second kappa shape index (κ2) is 4.28. The van der Waals surface area contributed by atoms with E-state index in [4.69, 9.17) is 0 Å². The van der Waals surface area contributed by atoms with E-state index >= 15 is 0 Å². The molecule has 92 valence electrons. The molecule has 3 nitrogen and oxygen atoms in total. The van der Waals surface area contributed by atoms with Crippen LogP contribution in [-0.2, 0) is 0 Å². The van der Waals surface area contributed by atoms with Crippen molar-refractivity contribution in [3.8, 4) is 0 Å². The largest absolute Gasteiger partial charge is 0.391 e. The van der Waals surface area contributed by atoms with Crippen molar-refractivity contribution in [2.24, 2.45) is 11.8 Å². The van der Waals surface area contributed by atoms with E-state index in [1.807, 2.05) is 0 Å². The van der Waals surface area contributed by atoms with Crippen LogP contribution < -0.4 is 0 Å². The van der Waals surface area contributed by atoms with Crippen LogP contribution in [0.1, 0.15) is 25.7 Å². The molecule has 4 saturated heterocycles. The molecule has 2 bridgehead atoms. The zero-order valence-electron chi connectivity index (χ0n) is 10.3. The third kappa shape index (κ3) is 1.79. The Labute approximate surface area is 98.4 Å². The van der Waals surface area contributed by atoms with Gasteiger partial charge in [0.15, 0.2) is 0 Å². The van der Waals surface area contributed by atoms with Gasteiger partial charge in [0, 0.05) is 12.6 Å². The van der Waals surface area contributed by atoms with Gasteiger partial charge in [-0.2, -0.15) is 0 Å². The molecule has 1 N–H and O–H groups in total. The molecular weight excluding hydrogens is 200 g/mol. The molecule has 0 saturated carbocycles. The van der Waals surface area contributed by atoms with Crippen LogP contribution in [0.4, 0.5) is 0 Å². The molecule has 4 aliphatic rings. The number of aliphatic hydroxyl groups excluding tert-OH is 1. The lowest BCUT2D eigenvalue weighted by atomic mass is 9.74. The molecule has 16 heavy (non-hydrogen) atoms. The summed E-state index contributed by atoms with van der Waals surface area (Å²) in [6, 6.07) is 0.468. The first kappa shape index (κ1) is 11.0. The van der Waals surface area contributed by atoms with E-state index in [9.17, 15) is 5.11 Å². The van der Waals surface area contributed by atoms with E-state index in [-0.39, 0.29) is 6.10 Å². The van der Waals surface area contributed by atoms with Crippen molar-refractivity contribution >= 4 is 0 Å². The Bertz CT molecular complexity index is 248. The van der Waals surface area contributed by atoms with E-state index < -0.39 is 0 Å². The number of hydrogen-bond donors (Lipinski definition) is 1. The number of aliphatic hydroxyl groups is 1. The number of hydrogen-bond acceptors (Lipinski definition) is 3. The third-order valence-corrected chi connectivity index (χ3v) is 4.97. The van der Waals surface area contributed by atoms with Crippen LogP contribution >= 0.6 is 0 Å². The monoisotopic (exact) mass is 224 g/mol. The average Bonchev–Trinajstić information content (AvgIpc) is 2.30. The summed E-state index contributed by atoms with van der Waals surface area (Å²) in [5.41, 5.74) is 0. The summed E-state index contributed by atoms with van der Waals surface area (Å²) in [5.74, 6) is 1.30. The van der Waals surface area contributed by atoms with E-state index in [0.29, 0.717) is 17.9 Å². The Hall–Kier alpha value is -0.120. The predicted octanol–water partition coefficient (Wildman–Crippen LogP) is 0.783. The number of fused-ring (bicyclic) bond motifs is 3. The van der Waals surface area contributed by atoms with Crippen molar-refractivity contribution in [1.29, 1.82) is 0 Å². The smallest absolute Gasteiger partial charge is 0.0727 e. The molecule has 0 aromatic carbocycles. The van der Waals surface area contributed by atoms with E-state index in [1.54, 1.807) is 0 Å². The second-order valence-corrected chi connectivity index (χ2v) is 6.02. The first-order valence-electron chi connectivity index (χ1n) is 6.86. The quantitative estimate of drug-likeness (QED) is 0.713. The average molecular weight is 224 g/mol. The Balaban J connectivity index is 1.73. The first-order valence-corrected chi connectivity index (χ1v) is 6.86. The van der Waals surface area contributed by atoms with Crippen LogP contribution in [0.2, 0.25) is 0 Å². The Morgan fingerprint density at radius 3 is 2.38 bits per heavy atom. The summed E-state index contributed by atoms with van der Waals surface area (Å²) < 4.78 is 0. The second-order valence-electron chi connectivity index (χ2n) is 6.02. The zero-order valence-corrected chi connectivity index (χ0v) is 10.3. The van der Waals surface area contributed by atoms with Gasteiger partial charge in [0.2, 0.25) is 0 Å². The van der Waals surface area contributed by atoms with E-state index in [2.05, 4.69) is 16.8 Å². The molecule has 3 unspecified atom stereocenters. The topological polar surface area (TPSA) is 26.7 Å². The van der Waals surface area contributed by atoms with Gasteiger partial charge in [-0.25, -0.2) is 0 Å². The van der Waals surface area contributed by atoms with Crippen LogP contribution in [0.25, 0.3) is 0 Å². The van der Waals surface area contributed by atoms with Crippen molar-refractivity contribution in [3.63, 3.8) is 0 Å². The molecule has 4 heterocycles. The van der Waals surface area contributed by atoms with Crippen molar-refractivity contribution < 1.29 is 5.11 Å². The Morgan fingerprint density at radius 1 is 1.00 bits per heavy atom. The molecule has 0 amide bonds. The number of likely N-dealkylation sites (tertiary alicyclic amines) is 1. The number of rotatable bonds is 1. The number of nitrogens with zero attached hydrogens (tertiary/aromatic N) is 2. The number of piperidine rings is 4. The highest BCUT2D eigenvalue weighted by Gasteiger charge is 2.45. The summed E-state index contributed by atoms with van der Waals surface area (Å²) in [6.07, 6.45) is 5.03. The van der Waals surface area contributed by atoms with Crippen molar-refractivity contribution in [1.82, 2.24) is 9.80 Å². The fourth-order valence-corrected chi connectivity index (χ4v) is 4.12. The highest BCUT2D eigenvalue weighted by molar-refractivity contribution is 4.98. The lowest BCUT2D eigenvalue weighted by molar-refractivity contribution is -0.101. The summed E-state index contributed by atoms with van der Waals surface area (Å²) in [5, 5.41) is 10.4. The highest BCUT2D eigenvalue weighted by Crippen LogP contribution is 2.37. The minimum absolute atomic E-state index is 0.0426. The first-order chi connectivity index (χ1) is 7.75. The molecule has 0 aliphatic carbocycles. The van der Waals surface area contributed by atoms with Crippen LogP contribution in [0.3, 0.4) is 0 Å². The molecule has 0 aromatic heterocycles. The van der Waals surface area contributed by atoms with Crippen molar-refractivity contribution in [2.45, 2.75) is 37.8 Å². The predicted molar refractivity (Wildman–Crippen MR) is 64.3 cm³/mol. The van der Waals surface area contributed by atoms with Gasteiger partial charge in [-0.05, 0) is 64.2 Å². The summed E-state index contributed by atoms with van der Waals surface area (Å²) in [6.45, 7) is 4.88. The molecule has 0 aromatic rings. The SMILES string of the molecule is CN1CCCC(C2C(O)C3CCN2CC3)C1. The molecule has 3 atom stereocenters. The highest BCUT2D eigenvalue weighted by atomic mass is 16.3. The van der Waals surface area contributed by atoms with E-state index in [0.717, 1.165) is 0 Å². The maximum atomic E-state index is 10.4. The van der Waals surface area contributed by atoms with Gasteiger partial charge in [-0.3, -0.25) is 4.90 Å². The lowest BCUT2D eigenvalue weighted by Gasteiger charge is -2.53. The van der Waals surface area contributed by atoms with Crippen LogP contribution in [0.5, 0.6) is 0 Å². The fraction of sp³-hybridized carbons (Fsp3) is 1.00. The minimum atomic E-state index is -0.0426. The van der Waals surface area contributed by atoms with Gasteiger partial charge < -0.3 is 10.0 Å². The minimum Gasteiger partial charge on any atom is -0.391 e. The molecule has 0 radical (unpaired) electrons. The lowest BCUT2D eigenvalue weighted by Crippen LogP contribution is -2.62. The van der Waals surface area contributed by atoms with Gasteiger partial charge in [-0.15, -0.1) is 0 Å². The maximum absolute atomic E-state index is 10.4. The standard InChI is InChI=1S/C13H24N2O/c1-14-6-2-3-11(9-14)12-13(16)10-4-7-15(12)8-5-10/h10-13,16H,2-9H2,1H3. The normalized spacial score (nSPS) is 49.5. The summed E-state index contributed by atoms with van der Waals surface area (Å²) >= 11 is 0. The maximum Gasteiger partial charge on any atom is 0.0727 e. The fourth-order valence-electron chi connectivity index (χ4n) is 4.12. The van der Waals surface area contributed by atoms with Crippen molar-refractivity contribution in [3.05, 3.63) is 0 Å². The zero-order chi connectivity index (χ0) is 11.1.